The zero-order valence-corrected chi connectivity index (χ0v) is 11.8. The molecule has 0 spiro atoms. The van der Waals surface area contributed by atoms with Crippen LogP contribution in [0.1, 0.15) is 11.3 Å². The largest absolute Gasteiger partial charge is 0.497 e. The van der Waals surface area contributed by atoms with Crippen molar-refractivity contribution < 1.29 is 4.74 Å². The van der Waals surface area contributed by atoms with Crippen LogP contribution in [0, 0.1) is 0 Å². The van der Waals surface area contributed by atoms with Gasteiger partial charge in [0.1, 0.15) is 17.9 Å². The first kappa shape index (κ1) is 12.9. The quantitative estimate of drug-likeness (QED) is 0.923. The van der Waals surface area contributed by atoms with Crippen molar-refractivity contribution in [2.75, 3.05) is 25.6 Å². The van der Waals surface area contributed by atoms with E-state index in [1.165, 1.54) is 5.56 Å². The summed E-state index contributed by atoms with van der Waals surface area (Å²) < 4.78 is 5.28. The lowest BCUT2D eigenvalue weighted by molar-refractivity contribution is 0.415. The molecule has 1 aromatic carbocycles. The van der Waals surface area contributed by atoms with Crippen molar-refractivity contribution >= 4 is 11.5 Å². The Morgan fingerprint density at radius 2 is 2.20 bits per heavy atom. The van der Waals surface area contributed by atoms with Crippen LogP contribution in [0.3, 0.4) is 0 Å². The molecule has 0 atom stereocenters. The highest BCUT2D eigenvalue weighted by Gasteiger charge is 2.18. The molecule has 2 heterocycles. The van der Waals surface area contributed by atoms with Gasteiger partial charge < -0.3 is 15.0 Å². The molecule has 2 aromatic rings. The highest BCUT2D eigenvalue weighted by Crippen LogP contribution is 2.29. The first-order valence-corrected chi connectivity index (χ1v) is 6.71. The van der Waals surface area contributed by atoms with Gasteiger partial charge in [0.05, 0.1) is 12.8 Å². The van der Waals surface area contributed by atoms with E-state index in [1.807, 2.05) is 31.3 Å². The molecule has 0 unspecified atom stereocenters. The predicted molar refractivity (Wildman–Crippen MR) is 78.5 cm³/mol. The summed E-state index contributed by atoms with van der Waals surface area (Å²) in [7, 11) is 3.70. The van der Waals surface area contributed by atoms with Crippen LogP contribution in [0.4, 0.5) is 11.5 Å². The van der Waals surface area contributed by atoms with Crippen LogP contribution < -0.4 is 15.0 Å². The number of anilines is 2. The molecule has 3 rings (SSSR count). The van der Waals surface area contributed by atoms with Gasteiger partial charge in [0.25, 0.3) is 0 Å². The van der Waals surface area contributed by atoms with Crippen molar-refractivity contribution in [3.8, 4) is 5.75 Å². The number of ether oxygens (including phenoxy) is 1. The number of hydrogen-bond acceptors (Lipinski definition) is 5. The molecule has 0 aliphatic carbocycles. The molecule has 0 saturated heterocycles. The van der Waals surface area contributed by atoms with Crippen LogP contribution in [0.2, 0.25) is 0 Å². The SMILES string of the molecule is COc1cccc(N(C)c2ncnc3c2CNCC3)c1. The summed E-state index contributed by atoms with van der Waals surface area (Å²) in [5.74, 6) is 1.80. The second-order valence-electron chi connectivity index (χ2n) is 4.81. The van der Waals surface area contributed by atoms with Crippen molar-refractivity contribution in [1.82, 2.24) is 15.3 Å². The van der Waals surface area contributed by atoms with Gasteiger partial charge in [0.2, 0.25) is 0 Å². The van der Waals surface area contributed by atoms with E-state index in [2.05, 4.69) is 20.2 Å². The fourth-order valence-corrected chi connectivity index (χ4v) is 2.49. The van der Waals surface area contributed by atoms with Crippen LogP contribution >= 0.6 is 0 Å². The molecule has 0 saturated carbocycles. The summed E-state index contributed by atoms with van der Waals surface area (Å²) in [4.78, 5) is 10.9. The zero-order chi connectivity index (χ0) is 13.9. The Bertz CT molecular complexity index is 615. The molecule has 5 heteroatoms. The summed E-state index contributed by atoms with van der Waals surface area (Å²) in [6.45, 7) is 1.80. The number of benzene rings is 1. The summed E-state index contributed by atoms with van der Waals surface area (Å²) in [5.41, 5.74) is 3.38. The van der Waals surface area contributed by atoms with Gasteiger partial charge in [-0.15, -0.1) is 0 Å². The average molecular weight is 270 g/mol. The lowest BCUT2D eigenvalue weighted by atomic mass is 10.1. The molecule has 20 heavy (non-hydrogen) atoms. The third-order valence-electron chi connectivity index (χ3n) is 3.61. The summed E-state index contributed by atoms with van der Waals surface area (Å²) >= 11 is 0. The minimum atomic E-state index is 0.819. The number of nitrogens with one attached hydrogen (secondary N) is 1. The van der Waals surface area contributed by atoms with E-state index in [4.69, 9.17) is 4.74 Å². The van der Waals surface area contributed by atoms with E-state index in [9.17, 15) is 0 Å². The standard InChI is InChI=1S/C15H18N4O/c1-19(11-4-3-5-12(8-11)20-2)15-13-9-16-7-6-14(13)17-10-18-15/h3-5,8,10,16H,6-7,9H2,1-2H3. The molecule has 5 nitrogen and oxygen atoms in total. The lowest BCUT2D eigenvalue weighted by Gasteiger charge is -2.25. The van der Waals surface area contributed by atoms with Crippen molar-refractivity contribution in [1.29, 1.82) is 0 Å². The molecule has 0 radical (unpaired) electrons. The van der Waals surface area contributed by atoms with Crippen LogP contribution in [0.5, 0.6) is 5.75 Å². The van der Waals surface area contributed by atoms with Crippen molar-refractivity contribution in [2.24, 2.45) is 0 Å². The monoisotopic (exact) mass is 270 g/mol. The molecule has 1 aromatic heterocycles. The number of aromatic nitrogens is 2. The van der Waals surface area contributed by atoms with Crippen molar-refractivity contribution in [3.05, 3.63) is 41.9 Å². The molecule has 0 amide bonds. The molecular formula is C15H18N4O. The maximum atomic E-state index is 5.28. The van der Waals surface area contributed by atoms with Crippen LogP contribution in [0.15, 0.2) is 30.6 Å². The first-order valence-electron chi connectivity index (χ1n) is 6.71. The number of fused-ring (bicyclic) bond motifs is 1. The molecule has 0 bridgehead atoms. The van der Waals surface area contributed by atoms with E-state index < -0.39 is 0 Å². The third-order valence-corrected chi connectivity index (χ3v) is 3.61. The third kappa shape index (κ3) is 2.32. The Morgan fingerprint density at radius 3 is 3.05 bits per heavy atom. The minimum absolute atomic E-state index is 0.819. The molecule has 104 valence electrons. The van der Waals surface area contributed by atoms with Gasteiger partial charge in [-0.05, 0) is 12.1 Å². The normalized spacial score (nSPS) is 13.7. The number of hydrogen-bond donors (Lipinski definition) is 1. The molecule has 1 N–H and O–H groups in total. The predicted octanol–water partition coefficient (Wildman–Crippen LogP) is 1.90. The minimum Gasteiger partial charge on any atom is -0.497 e. The van der Waals surface area contributed by atoms with Crippen LogP contribution in [0.25, 0.3) is 0 Å². The van der Waals surface area contributed by atoms with Crippen molar-refractivity contribution in [3.63, 3.8) is 0 Å². The van der Waals surface area contributed by atoms with E-state index in [1.54, 1.807) is 13.4 Å². The van der Waals surface area contributed by atoms with Gasteiger partial charge in [-0.1, -0.05) is 6.07 Å². The molecule has 1 aliphatic rings. The smallest absolute Gasteiger partial charge is 0.140 e. The van der Waals surface area contributed by atoms with Gasteiger partial charge >= 0.3 is 0 Å². The summed E-state index contributed by atoms with van der Waals surface area (Å²) in [6.07, 6.45) is 2.60. The Morgan fingerprint density at radius 1 is 1.30 bits per heavy atom. The molecule has 1 aliphatic heterocycles. The van der Waals surface area contributed by atoms with Crippen LogP contribution in [-0.2, 0) is 13.0 Å². The van der Waals surface area contributed by atoms with Crippen LogP contribution in [-0.4, -0.2) is 30.7 Å². The fraction of sp³-hybridized carbons (Fsp3) is 0.333. The van der Waals surface area contributed by atoms with Gasteiger partial charge in [0, 0.05) is 43.9 Å². The van der Waals surface area contributed by atoms with Gasteiger partial charge in [-0.3, -0.25) is 0 Å². The Kier molecular flexibility index (Phi) is 3.52. The fourth-order valence-electron chi connectivity index (χ4n) is 2.49. The first-order chi connectivity index (χ1) is 9.79. The van der Waals surface area contributed by atoms with E-state index >= 15 is 0 Å². The van der Waals surface area contributed by atoms with E-state index in [0.717, 1.165) is 42.5 Å². The maximum Gasteiger partial charge on any atom is 0.140 e. The Labute approximate surface area is 118 Å². The van der Waals surface area contributed by atoms with Gasteiger partial charge in [0.15, 0.2) is 0 Å². The van der Waals surface area contributed by atoms with Gasteiger partial charge in [-0.25, -0.2) is 9.97 Å². The second kappa shape index (κ2) is 5.46. The number of rotatable bonds is 3. The van der Waals surface area contributed by atoms with E-state index in [-0.39, 0.29) is 0 Å². The summed E-state index contributed by atoms with van der Waals surface area (Å²) in [5, 5.41) is 3.38. The average Bonchev–Trinajstić information content (AvgIpc) is 2.53. The van der Waals surface area contributed by atoms with E-state index in [0.29, 0.717) is 0 Å². The second-order valence-corrected chi connectivity index (χ2v) is 4.81. The highest BCUT2D eigenvalue weighted by atomic mass is 16.5. The Hall–Kier alpha value is -2.14. The zero-order valence-electron chi connectivity index (χ0n) is 11.8. The topological polar surface area (TPSA) is 50.3 Å². The summed E-state index contributed by atoms with van der Waals surface area (Å²) in [6, 6.07) is 7.98. The van der Waals surface area contributed by atoms with Gasteiger partial charge in [-0.2, -0.15) is 0 Å². The Balaban J connectivity index is 1.99. The lowest BCUT2D eigenvalue weighted by Crippen LogP contribution is -2.27. The molecular weight excluding hydrogens is 252 g/mol. The number of nitrogens with zero attached hydrogens (tertiary/aromatic N) is 3. The van der Waals surface area contributed by atoms with Crippen molar-refractivity contribution in [2.45, 2.75) is 13.0 Å². The molecule has 0 fully saturated rings. The maximum absolute atomic E-state index is 5.28. The highest BCUT2D eigenvalue weighted by molar-refractivity contribution is 5.64. The number of methoxy groups -OCH3 is 1.